The summed E-state index contributed by atoms with van der Waals surface area (Å²) in [6.07, 6.45) is 1.80. The van der Waals surface area contributed by atoms with E-state index < -0.39 is 5.41 Å². The standard InChI is InChI=1S/C33H35N5O4S/c1-19-15-23(20(2)37(19)21-11-13-26-28(17-21)42-18-41-26)30-29(25-9-7-8-14-34-25)36-32(43)38(30)22-10-12-24(27(16-22)40-6)35-31(39)33(3,4)5/h7-17,29-30H,18H2,1-6H3,(H,35,39)(H,36,43). The van der Waals surface area contributed by atoms with Gasteiger partial charge in [0.15, 0.2) is 16.6 Å². The van der Waals surface area contributed by atoms with Crippen LogP contribution in [0.15, 0.2) is 66.9 Å². The Labute approximate surface area is 256 Å². The molecule has 1 amide bonds. The fourth-order valence-corrected chi connectivity index (χ4v) is 6.05. The van der Waals surface area contributed by atoms with Gasteiger partial charge in [-0.15, -0.1) is 0 Å². The zero-order valence-corrected chi connectivity index (χ0v) is 25.9. The number of amides is 1. The average molecular weight is 598 g/mol. The van der Waals surface area contributed by atoms with E-state index in [1.165, 1.54) is 0 Å². The van der Waals surface area contributed by atoms with Gasteiger partial charge in [-0.2, -0.15) is 0 Å². The van der Waals surface area contributed by atoms with Crippen molar-refractivity contribution in [2.24, 2.45) is 5.41 Å². The number of carbonyl (C=O) groups excluding carboxylic acids is 1. The van der Waals surface area contributed by atoms with Gasteiger partial charge in [0.25, 0.3) is 0 Å². The number of methoxy groups -OCH3 is 1. The topological polar surface area (TPSA) is 89.9 Å². The van der Waals surface area contributed by atoms with Crippen molar-refractivity contribution in [3.05, 3.63) is 89.5 Å². The van der Waals surface area contributed by atoms with Crippen LogP contribution in [0.3, 0.4) is 0 Å². The molecule has 1 fully saturated rings. The number of thiocarbonyl (C=S) groups is 1. The number of hydrogen-bond donors (Lipinski definition) is 2. The molecule has 2 aliphatic rings. The molecule has 2 unspecified atom stereocenters. The van der Waals surface area contributed by atoms with E-state index in [1.54, 1.807) is 13.3 Å². The van der Waals surface area contributed by atoms with E-state index in [0.717, 1.165) is 45.5 Å². The third-order valence-corrected chi connectivity index (χ3v) is 8.21. The lowest BCUT2D eigenvalue weighted by Gasteiger charge is -2.29. The number of fused-ring (bicyclic) bond motifs is 1. The van der Waals surface area contributed by atoms with Gasteiger partial charge in [0.2, 0.25) is 12.7 Å². The average Bonchev–Trinajstić information content (AvgIpc) is 3.67. The van der Waals surface area contributed by atoms with Gasteiger partial charge >= 0.3 is 0 Å². The Hall–Kier alpha value is -4.57. The first-order valence-electron chi connectivity index (χ1n) is 14.2. The molecule has 0 aliphatic carbocycles. The van der Waals surface area contributed by atoms with Crippen LogP contribution in [0.1, 0.15) is 55.5 Å². The third-order valence-electron chi connectivity index (χ3n) is 7.89. The van der Waals surface area contributed by atoms with Crippen molar-refractivity contribution in [1.82, 2.24) is 14.9 Å². The van der Waals surface area contributed by atoms with Crippen molar-refractivity contribution >= 4 is 34.6 Å². The summed E-state index contributed by atoms with van der Waals surface area (Å²) in [6, 6.07) is 19.4. The lowest BCUT2D eigenvalue weighted by molar-refractivity contribution is -0.123. The van der Waals surface area contributed by atoms with Gasteiger partial charge < -0.3 is 34.3 Å². The van der Waals surface area contributed by atoms with Gasteiger partial charge in [0.05, 0.1) is 30.6 Å². The molecule has 0 radical (unpaired) electrons. The maximum atomic E-state index is 12.8. The maximum Gasteiger partial charge on any atom is 0.231 e. The van der Waals surface area contributed by atoms with Crippen molar-refractivity contribution in [3.8, 4) is 22.9 Å². The molecule has 2 atom stereocenters. The molecule has 6 rings (SSSR count). The quantitative estimate of drug-likeness (QED) is 0.247. The van der Waals surface area contributed by atoms with Gasteiger partial charge in [-0.25, -0.2) is 0 Å². The van der Waals surface area contributed by atoms with Gasteiger partial charge in [0, 0.05) is 46.5 Å². The van der Waals surface area contributed by atoms with E-state index in [2.05, 4.69) is 40.0 Å². The SMILES string of the molecule is COc1cc(N2C(=S)NC(c3ccccn3)C2c2cc(C)n(-c3ccc4c(c3)OCO4)c2C)ccc1NC(=O)C(C)(C)C. The monoisotopic (exact) mass is 597 g/mol. The van der Waals surface area contributed by atoms with Gasteiger partial charge in [-0.05, 0) is 74.1 Å². The molecule has 4 aromatic rings. The second-order valence-corrected chi connectivity index (χ2v) is 12.2. The van der Waals surface area contributed by atoms with E-state index in [0.29, 0.717) is 16.5 Å². The third kappa shape index (κ3) is 5.16. The number of nitrogens with one attached hydrogen (secondary N) is 2. The minimum atomic E-state index is -0.550. The lowest BCUT2D eigenvalue weighted by atomic mass is 9.95. The predicted octanol–water partition coefficient (Wildman–Crippen LogP) is 6.39. The highest BCUT2D eigenvalue weighted by molar-refractivity contribution is 7.80. The second-order valence-electron chi connectivity index (χ2n) is 11.8. The number of ether oxygens (including phenoxy) is 3. The zero-order chi connectivity index (χ0) is 30.5. The van der Waals surface area contributed by atoms with E-state index in [9.17, 15) is 4.79 Å². The Morgan fingerprint density at radius 3 is 2.53 bits per heavy atom. The highest BCUT2D eigenvalue weighted by Gasteiger charge is 2.42. The highest BCUT2D eigenvalue weighted by Crippen LogP contribution is 2.45. The highest BCUT2D eigenvalue weighted by atomic mass is 32.1. The number of aromatic nitrogens is 2. The van der Waals surface area contributed by atoms with Gasteiger partial charge in [-0.1, -0.05) is 26.8 Å². The maximum absolute atomic E-state index is 12.8. The Bertz CT molecular complexity index is 1710. The summed E-state index contributed by atoms with van der Waals surface area (Å²) in [4.78, 5) is 19.6. The number of rotatable bonds is 6. The van der Waals surface area contributed by atoms with Crippen molar-refractivity contribution in [1.29, 1.82) is 0 Å². The number of aryl methyl sites for hydroxylation is 1. The fraction of sp³-hybridized carbons (Fsp3) is 0.303. The van der Waals surface area contributed by atoms with Crippen LogP contribution in [0, 0.1) is 19.3 Å². The number of pyridine rings is 1. The molecule has 2 aromatic carbocycles. The minimum absolute atomic E-state index is 0.0963. The summed E-state index contributed by atoms with van der Waals surface area (Å²) in [6.45, 7) is 10.1. The molecule has 2 aromatic heterocycles. The fourth-order valence-electron chi connectivity index (χ4n) is 5.70. The number of anilines is 2. The van der Waals surface area contributed by atoms with E-state index >= 15 is 0 Å². The first kappa shape index (κ1) is 28.5. The molecule has 4 heterocycles. The Balaban J connectivity index is 1.45. The van der Waals surface area contributed by atoms with Crippen LogP contribution in [0.25, 0.3) is 5.69 Å². The van der Waals surface area contributed by atoms with Crippen LogP contribution >= 0.6 is 12.2 Å². The number of benzene rings is 2. The minimum Gasteiger partial charge on any atom is -0.494 e. The van der Waals surface area contributed by atoms with Crippen molar-refractivity contribution in [2.75, 3.05) is 24.1 Å². The normalized spacial score (nSPS) is 17.6. The molecule has 2 N–H and O–H groups in total. The Kier molecular flexibility index (Phi) is 7.25. The Morgan fingerprint density at radius 1 is 1.05 bits per heavy atom. The van der Waals surface area contributed by atoms with Crippen LogP contribution in [-0.4, -0.2) is 34.5 Å². The molecule has 0 bridgehead atoms. The molecule has 0 saturated carbocycles. The molecule has 222 valence electrons. The molecular weight excluding hydrogens is 562 g/mol. The molecular formula is C33H35N5O4S. The van der Waals surface area contributed by atoms with E-state index in [4.69, 9.17) is 31.4 Å². The molecule has 43 heavy (non-hydrogen) atoms. The molecule has 2 aliphatic heterocycles. The van der Waals surface area contributed by atoms with Gasteiger partial charge in [-0.3, -0.25) is 9.78 Å². The first-order chi connectivity index (χ1) is 20.6. The van der Waals surface area contributed by atoms with Crippen LogP contribution < -0.4 is 29.7 Å². The Morgan fingerprint density at radius 2 is 1.81 bits per heavy atom. The van der Waals surface area contributed by atoms with Crippen LogP contribution in [0.4, 0.5) is 11.4 Å². The summed E-state index contributed by atoms with van der Waals surface area (Å²) < 4.78 is 19.2. The van der Waals surface area contributed by atoms with Crippen LogP contribution in [0.5, 0.6) is 17.2 Å². The largest absolute Gasteiger partial charge is 0.494 e. The predicted molar refractivity (Wildman–Crippen MR) is 170 cm³/mol. The van der Waals surface area contributed by atoms with E-state index in [-0.39, 0.29) is 24.8 Å². The number of carbonyl (C=O) groups is 1. The molecule has 1 saturated heterocycles. The van der Waals surface area contributed by atoms with E-state index in [1.807, 2.05) is 75.4 Å². The first-order valence-corrected chi connectivity index (χ1v) is 14.6. The van der Waals surface area contributed by atoms with Crippen molar-refractivity contribution in [3.63, 3.8) is 0 Å². The summed E-state index contributed by atoms with van der Waals surface area (Å²) in [5.74, 6) is 1.92. The smallest absolute Gasteiger partial charge is 0.231 e. The molecule has 9 nitrogen and oxygen atoms in total. The lowest BCUT2D eigenvalue weighted by Crippen LogP contribution is -2.30. The summed E-state index contributed by atoms with van der Waals surface area (Å²) >= 11 is 5.98. The van der Waals surface area contributed by atoms with Crippen molar-refractivity contribution < 1.29 is 19.0 Å². The summed E-state index contributed by atoms with van der Waals surface area (Å²) in [5.41, 5.74) is 5.99. The van der Waals surface area contributed by atoms with Crippen LogP contribution in [-0.2, 0) is 4.79 Å². The second kappa shape index (κ2) is 10.9. The summed E-state index contributed by atoms with van der Waals surface area (Å²) in [5, 5.41) is 7.11. The van der Waals surface area contributed by atoms with Crippen molar-refractivity contribution in [2.45, 2.75) is 46.7 Å². The zero-order valence-electron chi connectivity index (χ0n) is 25.1. The number of nitrogens with zero attached hydrogens (tertiary/aromatic N) is 3. The summed E-state index contributed by atoms with van der Waals surface area (Å²) in [7, 11) is 1.60. The van der Waals surface area contributed by atoms with Gasteiger partial charge in [0.1, 0.15) is 5.75 Å². The molecule has 0 spiro atoms. The molecule has 10 heteroatoms. The number of hydrogen-bond acceptors (Lipinski definition) is 6. The van der Waals surface area contributed by atoms with Crippen LogP contribution in [0.2, 0.25) is 0 Å².